The summed E-state index contributed by atoms with van der Waals surface area (Å²) in [6.07, 6.45) is 0. The Bertz CT molecular complexity index is 778. The van der Waals surface area contributed by atoms with E-state index < -0.39 is 5.41 Å². The number of aromatic nitrogens is 2. The fourth-order valence-corrected chi connectivity index (χ4v) is 2.09. The summed E-state index contributed by atoms with van der Waals surface area (Å²) in [5.41, 5.74) is 3.30. The first-order valence-corrected chi connectivity index (χ1v) is 8.00. The van der Waals surface area contributed by atoms with Crippen molar-refractivity contribution in [3.8, 4) is 0 Å². The molecule has 0 fully saturated rings. The molecule has 1 heterocycles. The number of amides is 2. The molecule has 0 saturated carbocycles. The van der Waals surface area contributed by atoms with Crippen molar-refractivity contribution in [3.05, 3.63) is 35.2 Å². The van der Waals surface area contributed by atoms with Crippen LogP contribution in [0.2, 0.25) is 0 Å². The van der Waals surface area contributed by atoms with Crippen molar-refractivity contribution >= 4 is 22.8 Å². The number of hydrogen-bond donors (Lipinski definition) is 2. The maximum atomic E-state index is 12.2. The number of carbonyl (C=O) groups excluding carboxylic acids is 2. The van der Waals surface area contributed by atoms with E-state index in [-0.39, 0.29) is 11.8 Å². The van der Waals surface area contributed by atoms with Gasteiger partial charge in [0, 0.05) is 24.1 Å². The molecule has 0 radical (unpaired) electrons. The van der Waals surface area contributed by atoms with Crippen LogP contribution in [-0.4, -0.2) is 34.9 Å². The second-order valence-corrected chi connectivity index (χ2v) is 6.86. The number of aryl methyl sites for hydroxylation is 2. The zero-order valence-corrected chi connectivity index (χ0v) is 14.9. The molecule has 2 N–H and O–H groups in total. The summed E-state index contributed by atoms with van der Waals surface area (Å²) in [6, 6.07) is 5.26. The van der Waals surface area contributed by atoms with Crippen molar-refractivity contribution in [3.63, 3.8) is 0 Å². The Morgan fingerprint density at radius 1 is 0.958 bits per heavy atom. The van der Waals surface area contributed by atoms with Crippen LogP contribution in [0.5, 0.6) is 0 Å². The lowest BCUT2D eigenvalue weighted by atomic mass is 9.96. The third kappa shape index (κ3) is 4.28. The molecule has 0 spiro atoms. The highest BCUT2D eigenvalue weighted by Gasteiger charge is 2.20. The lowest BCUT2D eigenvalue weighted by Gasteiger charge is -2.17. The number of carbonyl (C=O) groups is 2. The quantitative estimate of drug-likeness (QED) is 0.842. The van der Waals surface area contributed by atoms with Crippen LogP contribution in [0.15, 0.2) is 18.2 Å². The summed E-state index contributed by atoms with van der Waals surface area (Å²) < 4.78 is 0. The molecule has 6 nitrogen and oxygen atoms in total. The molecule has 0 aliphatic carbocycles. The lowest BCUT2D eigenvalue weighted by Crippen LogP contribution is -2.39. The van der Waals surface area contributed by atoms with Gasteiger partial charge in [0.2, 0.25) is 5.91 Å². The number of fused-ring (bicyclic) bond motifs is 1. The minimum absolute atomic E-state index is 0.0384. The van der Waals surface area contributed by atoms with E-state index >= 15 is 0 Å². The molecule has 1 aromatic carbocycles. The summed E-state index contributed by atoms with van der Waals surface area (Å²) in [5, 5.41) is 5.59. The molecule has 128 valence electrons. The van der Waals surface area contributed by atoms with E-state index in [9.17, 15) is 9.59 Å². The van der Waals surface area contributed by atoms with Crippen LogP contribution in [0.25, 0.3) is 11.0 Å². The Morgan fingerprint density at radius 3 is 2.17 bits per heavy atom. The highest BCUT2D eigenvalue weighted by Crippen LogP contribution is 2.14. The van der Waals surface area contributed by atoms with Gasteiger partial charge in [-0.15, -0.1) is 0 Å². The van der Waals surface area contributed by atoms with Crippen LogP contribution in [0.3, 0.4) is 0 Å². The zero-order chi connectivity index (χ0) is 17.9. The molecule has 2 aromatic rings. The zero-order valence-electron chi connectivity index (χ0n) is 14.9. The van der Waals surface area contributed by atoms with Gasteiger partial charge >= 0.3 is 0 Å². The summed E-state index contributed by atoms with van der Waals surface area (Å²) >= 11 is 0. The van der Waals surface area contributed by atoms with Gasteiger partial charge < -0.3 is 10.6 Å². The van der Waals surface area contributed by atoms with E-state index in [0.717, 1.165) is 16.9 Å². The van der Waals surface area contributed by atoms with Crippen LogP contribution in [-0.2, 0) is 4.79 Å². The number of benzene rings is 1. The van der Waals surface area contributed by atoms with Gasteiger partial charge in [-0.3, -0.25) is 9.59 Å². The molecule has 6 heteroatoms. The van der Waals surface area contributed by atoms with E-state index in [1.807, 2.05) is 34.6 Å². The van der Waals surface area contributed by atoms with Crippen molar-refractivity contribution in [2.45, 2.75) is 34.6 Å². The van der Waals surface area contributed by atoms with Gasteiger partial charge in [0.15, 0.2) is 0 Å². The van der Waals surface area contributed by atoms with Gasteiger partial charge in [-0.2, -0.15) is 0 Å². The second kappa shape index (κ2) is 6.95. The number of nitrogens with zero attached hydrogens (tertiary/aromatic N) is 2. The molecule has 0 atom stereocenters. The average Bonchev–Trinajstić information content (AvgIpc) is 2.50. The maximum Gasteiger partial charge on any atom is 0.251 e. The van der Waals surface area contributed by atoms with Gasteiger partial charge in [-0.1, -0.05) is 20.8 Å². The lowest BCUT2D eigenvalue weighted by molar-refractivity contribution is -0.128. The normalized spacial score (nSPS) is 11.4. The maximum absolute atomic E-state index is 12.2. The largest absolute Gasteiger partial charge is 0.354 e. The Balaban J connectivity index is 1.96. The van der Waals surface area contributed by atoms with Crippen molar-refractivity contribution in [2.24, 2.45) is 5.41 Å². The Morgan fingerprint density at radius 2 is 1.54 bits per heavy atom. The van der Waals surface area contributed by atoms with E-state index in [1.165, 1.54) is 0 Å². The van der Waals surface area contributed by atoms with Crippen LogP contribution in [0, 0.1) is 19.3 Å². The van der Waals surface area contributed by atoms with Crippen LogP contribution in [0.1, 0.15) is 42.5 Å². The molecule has 2 amide bonds. The molecule has 0 aliphatic rings. The van der Waals surface area contributed by atoms with Gasteiger partial charge in [0.1, 0.15) is 0 Å². The summed E-state index contributed by atoms with van der Waals surface area (Å²) in [4.78, 5) is 32.9. The van der Waals surface area contributed by atoms with Gasteiger partial charge in [0.05, 0.1) is 22.4 Å². The topological polar surface area (TPSA) is 84.0 Å². The second-order valence-electron chi connectivity index (χ2n) is 6.86. The van der Waals surface area contributed by atoms with Gasteiger partial charge in [-0.05, 0) is 32.0 Å². The minimum Gasteiger partial charge on any atom is -0.354 e. The number of hydrogen-bond acceptors (Lipinski definition) is 4. The summed E-state index contributed by atoms with van der Waals surface area (Å²) in [7, 11) is 0. The molecular formula is C18H24N4O2. The Kier molecular flexibility index (Phi) is 5.17. The van der Waals surface area contributed by atoms with E-state index in [4.69, 9.17) is 0 Å². The average molecular weight is 328 g/mol. The summed E-state index contributed by atoms with van der Waals surface area (Å²) in [6.45, 7) is 10.1. The predicted molar refractivity (Wildman–Crippen MR) is 93.8 cm³/mol. The third-order valence-electron chi connectivity index (χ3n) is 3.71. The smallest absolute Gasteiger partial charge is 0.251 e. The number of nitrogens with one attached hydrogen (secondary N) is 2. The molecule has 0 aliphatic heterocycles. The van der Waals surface area contributed by atoms with E-state index in [2.05, 4.69) is 20.6 Å². The van der Waals surface area contributed by atoms with Crippen molar-refractivity contribution < 1.29 is 9.59 Å². The van der Waals surface area contributed by atoms with E-state index in [1.54, 1.807) is 18.2 Å². The van der Waals surface area contributed by atoms with Crippen molar-refractivity contribution in [1.29, 1.82) is 0 Å². The highest BCUT2D eigenvalue weighted by atomic mass is 16.2. The molecule has 0 bridgehead atoms. The Hall–Kier alpha value is -2.50. The van der Waals surface area contributed by atoms with Crippen LogP contribution < -0.4 is 10.6 Å². The Labute approximate surface area is 142 Å². The fourth-order valence-electron chi connectivity index (χ4n) is 2.09. The van der Waals surface area contributed by atoms with E-state index in [0.29, 0.717) is 24.2 Å². The molecule has 0 unspecified atom stereocenters. The van der Waals surface area contributed by atoms with Crippen molar-refractivity contribution in [2.75, 3.05) is 13.1 Å². The van der Waals surface area contributed by atoms with Crippen LogP contribution in [0.4, 0.5) is 0 Å². The minimum atomic E-state index is -0.434. The SMILES string of the molecule is Cc1nc2ccc(C(=O)NCCNC(=O)C(C)(C)C)cc2nc1C. The number of rotatable bonds is 4. The first-order valence-electron chi connectivity index (χ1n) is 8.00. The monoisotopic (exact) mass is 328 g/mol. The van der Waals surface area contributed by atoms with Gasteiger partial charge in [-0.25, -0.2) is 9.97 Å². The van der Waals surface area contributed by atoms with Crippen LogP contribution >= 0.6 is 0 Å². The third-order valence-corrected chi connectivity index (χ3v) is 3.71. The highest BCUT2D eigenvalue weighted by molar-refractivity contribution is 5.97. The molecule has 0 saturated heterocycles. The summed E-state index contributed by atoms with van der Waals surface area (Å²) in [5.74, 6) is -0.231. The molecular weight excluding hydrogens is 304 g/mol. The van der Waals surface area contributed by atoms with Gasteiger partial charge in [0.25, 0.3) is 5.91 Å². The van der Waals surface area contributed by atoms with Crippen molar-refractivity contribution in [1.82, 2.24) is 20.6 Å². The molecule has 2 rings (SSSR count). The molecule has 24 heavy (non-hydrogen) atoms. The first kappa shape index (κ1) is 17.8. The fraction of sp³-hybridized carbons (Fsp3) is 0.444. The molecule has 1 aromatic heterocycles. The predicted octanol–water partition coefficient (Wildman–Crippen LogP) is 2.14. The standard InChI is InChI=1S/C18H24N4O2/c1-11-12(2)22-15-10-13(6-7-14(15)21-11)16(23)19-8-9-20-17(24)18(3,4)5/h6-7,10H,8-9H2,1-5H3,(H,19,23)(H,20,24). The first-order chi connectivity index (χ1) is 11.2.